The van der Waals surface area contributed by atoms with Crippen LogP contribution in [0.25, 0.3) is 0 Å². The van der Waals surface area contributed by atoms with Crippen molar-refractivity contribution in [2.24, 2.45) is 0 Å². The molecular formula is C13H12O4. The molecule has 0 amide bonds. The molecular weight excluding hydrogens is 220 g/mol. The summed E-state index contributed by atoms with van der Waals surface area (Å²) in [6.07, 6.45) is 0.940. The molecule has 0 spiro atoms. The van der Waals surface area contributed by atoms with Gasteiger partial charge in [-0.15, -0.1) is 0 Å². The summed E-state index contributed by atoms with van der Waals surface area (Å²) in [6, 6.07) is 9.14. The van der Waals surface area contributed by atoms with Gasteiger partial charge in [0.1, 0.15) is 6.61 Å². The maximum Gasteiger partial charge on any atom is 0.374 e. The van der Waals surface area contributed by atoms with Gasteiger partial charge in [0.15, 0.2) is 0 Å². The van der Waals surface area contributed by atoms with E-state index in [2.05, 4.69) is 17.9 Å². The highest BCUT2D eigenvalue weighted by atomic mass is 16.6. The zero-order valence-corrected chi connectivity index (χ0v) is 9.22. The zero-order chi connectivity index (χ0) is 12.7. The number of benzene rings is 1. The molecule has 4 nitrogen and oxygen atoms in total. The van der Waals surface area contributed by atoms with E-state index in [1.165, 1.54) is 0 Å². The van der Waals surface area contributed by atoms with Crippen LogP contribution in [0.2, 0.25) is 0 Å². The van der Waals surface area contributed by atoms with E-state index < -0.39 is 11.9 Å². The van der Waals surface area contributed by atoms with E-state index in [0.717, 1.165) is 11.6 Å². The molecule has 0 saturated heterocycles. The predicted octanol–water partition coefficient (Wildman–Crippen LogP) is 1.97. The topological polar surface area (TPSA) is 52.6 Å². The van der Waals surface area contributed by atoms with Crippen molar-refractivity contribution in [2.75, 3.05) is 0 Å². The average Bonchev–Trinajstić information content (AvgIpc) is 2.36. The van der Waals surface area contributed by atoms with E-state index in [0.29, 0.717) is 0 Å². The molecule has 0 heterocycles. The molecule has 0 fully saturated rings. The first-order valence-electron chi connectivity index (χ1n) is 4.87. The van der Waals surface area contributed by atoms with E-state index in [1.54, 1.807) is 0 Å². The Morgan fingerprint density at radius 1 is 1.24 bits per heavy atom. The van der Waals surface area contributed by atoms with Gasteiger partial charge >= 0.3 is 11.9 Å². The molecule has 17 heavy (non-hydrogen) atoms. The first-order valence-corrected chi connectivity index (χ1v) is 4.87. The molecule has 0 N–H and O–H groups in total. The van der Waals surface area contributed by atoms with Crippen molar-refractivity contribution < 1.29 is 19.1 Å². The maximum atomic E-state index is 11.3. The Hall–Kier alpha value is -2.36. The fraction of sp³-hybridized carbons (Fsp3) is 0.0769. The highest BCUT2D eigenvalue weighted by Crippen LogP contribution is 2.04. The summed E-state index contributed by atoms with van der Waals surface area (Å²) in [5, 5.41) is 0. The fourth-order valence-electron chi connectivity index (χ4n) is 1.01. The van der Waals surface area contributed by atoms with Crippen LogP contribution in [0.15, 0.2) is 55.3 Å². The molecule has 0 aromatic heterocycles. The lowest BCUT2D eigenvalue weighted by molar-refractivity contribution is -0.149. The number of carbonyl (C=O) groups excluding carboxylic acids is 2. The second-order valence-electron chi connectivity index (χ2n) is 3.11. The van der Waals surface area contributed by atoms with E-state index in [4.69, 9.17) is 4.74 Å². The summed E-state index contributed by atoms with van der Waals surface area (Å²) in [5.74, 6) is -1.87. The van der Waals surface area contributed by atoms with Crippen LogP contribution in [0.3, 0.4) is 0 Å². The van der Waals surface area contributed by atoms with Crippen LogP contribution in [-0.2, 0) is 25.7 Å². The third kappa shape index (κ3) is 4.34. The minimum absolute atomic E-state index is 0.102. The molecule has 1 aromatic carbocycles. The third-order valence-corrected chi connectivity index (χ3v) is 1.83. The van der Waals surface area contributed by atoms with Gasteiger partial charge in [0.2, 0.25) is 5.76 Å². The second-order valence-corrected chi connectivity index (χ2v) is 3.11. The lowest BCUT2D eigenvalue weighted by atomic mass is 10.2. The van der Waals surface area contributed by atoms with E-state index in [9.17, 15) is 9.59 Å². The molecule has 4 heteroatoms. The lowest BCUT2D eigenvalue weighted by Crippen LogP contribution is -2.12. The molecule has 1 aromatic rings. The number of carbonyl (C=O) groups is 2. The fourth-order valence-corrected chi connectivity index (χ4v) is 1.01. The highest BCUT2D eigenvalue weighted by molar-refractivity contribution is 5.91. The quantitative estimate of drug-likeness (QED) is 0.442. The summed E-state index contributed by atoms with van der Waals surface area (Å²) < 4.78 is 9.41. The number of rotatable bonds is 5. The van der Waals surface area contributed by atoms with Gasteiger partial charge in [0.05, 0.1) is 0 Å². The smallest absolute Gasteiger partial charge is 0.374 e. The van der Waals surface area contributed by atoms with Gasteiger partial charge in [0.25, 0.3) is 0 Å². The molecule has 88 valence electrons. The molecule has 0 atom stereocenters. The molecule has 0 bridgehead atoms. The molecule has 0 saturated carbocycles. The average molecular weight is 232 g/mol. The van der Waals surface area contributed by atoms with Crippen LogP contribution in [0.4, 0.5) is 0 Å². The number of hydrogen-bond donors (Lipinski definition) is 0. The maximum absolute atomic E-state index is 11.3. The summed E-state index contributed by atoms with van der Waals surface area (Å²) >= 11 is 0. The Morgan fingerprint density at radius 2 is 1.88 bits per heavy atom. The Labute approximate surface area is 99.2 Å². The third-order valence-electron chi connectivity index (χ3n) is 1.83. The van der Waals surface area contributed by atoms with Crippen LogP contribution >= 0.6 is 0 Å². The number of hydrogen-bond acceptors (Lipinski definition) is 4. The molecule has 0 radical (unpaired) electrons. The van der Waals surface area contributed by atoms with Crippen molar-refractivity contribution in [1.82, 2.24) is 0 Å². The predicted molar refractivity (Wildman–Crippen MR) is 61.7 cm³/mol. The van der Waals surface area contributed by atoms with E-state index in [1.807, 2.05) is 30.3 Å². The molecule has 1 rings (SSSR count). The molecule has 0 unspecified atom stereocenters. The Bertz CT molecular complexity index is 434. The van der Waals surface area contributed by atoms with Crippen LogP contribution in [-0.4, -0.2) is 11.9 Å². The first-order chi connectivity index (χ1) is 8.13. The molecule has 0 aliphatic carbocycles. The van der Waals surface area contributed by atoms with Gasteiger partial charge in [0, 0.05) is 6.08 Å². The van der Waals surface area contributed by atoms with Gasteiger partial charge in [-0.2, -0.15) is 0 Å². The van der Waals surface area contributed by atoms with Crippen molar-refractivity contribution >= 4 is 11.9 Å². The zero-order valence-electron chi connectivity index (χ0n) is 9.22. The van der Waals surface area contributed by atoms with Gasteiger partial charge in [-0.3, -0.25) is 0 Å². The van der Waals surface area contributed by atoms with Gasteiger partial charge in [-0.05, 0) is 12.1 Å². The van der Waals surface area contributed by atoms with Gasteiger partial charge in [-0.1, -0.05) is 36.9 Å². The minimum Gasteiger partial charge on any atom is -0.455 e. The Morgan fingerprint density at radius 3 is 2.47 bits per heavy atom. The first kappa shape index (κ1) is 12.7. The van der Waals surface area contributed by atoms with Crippen molar-refractivity contribution in [3.63, 3.8) is 0 Å². The summed E-state index contributed by atoms with van der Waals surface area (Å²) in [6.45, 7) is 6.59. The van der Waals surface area contributed by atoms with E-state index >= 15 is 0 Å². The van der Waals surface area contributed by atoms with Crippen molar-refractivity contribution in [3.8, 4) is 0 Å². The Balaban J connectivity index is 2.42. The van der Waals surface area contributed by atoms with Gasteiger partial charge in [-0.25, -0.2) is 9.59 Å². The Kier molecular flexibility index (Phi) is 4.69. The summed E-state index contributed by atoms with van der Waals surface area (Å²) in [4.78, 5) is 22.1. The lowest BCUT2D eigenvalue weighted by Gasteiger charge is -2.06. The van der Waals surface area contributed by atoms with Crippen LogP contribution in [0.1, 0.15) is 5.56 Å². The van der Waals surface area contributed by atoms with Crippen molar-refractivity contribution in [2.45, 2.75) is 6.61 Å². The van der Waals surface area contributed by atoms with Crippen molar-refractivity contribution in [1.29, 1.82) is 0 Å². The standard InChI is InChI=1S/C13H12O4/c1-3-12(14)17-10(2)13(15)16-9-11-7-5-4-6-8-11/h3-8H,1-2,9H2. The normalized spacial score (nSPS) is 9.18. The largest absolute Gasteiger partial charge is 0.455 e. The number of esters is 2. The summed E-state index contributed by atoms with van der Waals surface area (Å²) in [7, 11) is 0. The summed E-state index contributed by atoms with van der Waals surface area (Å²) in [5.41, 5.74) is 0.837. The second kappa shape index (κ2) is 6.27. The van der Waals surface area contributed by atoms with Crippen molar-refractivity contribution in [3.05, 3.63) is 60.9 Å². The minimum atomic E-state index is -0.774. The number of ether oxygens (including phenoxy) is 2. The van der Waals surface area contributed by atoms with Crippen LogP contribution in [0, 0.1) is 0 Å². The molecule has 0 aliphatic rings. The highest BCUT2D eigenvalue weighted by Gasteiger charge is 2.12. The monoisotopic (exact) mass is 232 g/mol. The van der Waals surface area contributed by atoms with Crippen LogP contribution < -0.4 is 0 Å². The SMILES string of the molecule is C=CC(=O)OC(=C)C(=O)OCc1ccccc1. The van der Waals surface area contributed by atoms with E-state index in [-0.39, 0.29) is 12.4 Å². The van der Waals surface area contributed by atoms with Crippen LogP contribution in [0.5, 0.6) is 0 Å². The molecule has 0 aliphatic heterocycles. The van der Waals surface area contributed by atoms with Gasteiger partial charge < -0.3 is 9.47 Å².